The van der Waals surface area contributed by atoms with Crippen LogP contribution in [0.3, 0.4) is 0 Å². The van der Waals surface area contributed by atoms with E-state index in [-0.39, 0.29) is 11.8 Å². The number of carbonyl (C=O) groups is 1. The Morgan fingerprint density at radius 2 is 2.18 bits per heavy atom. The molecule has 0 bridgehead atoms. The summed E-state index contributed by atoms with van der Waals surface area (Å²) < 4.78 is 4.89. The van der Waals surface area contributed by atoms with Gasteiger partial charge in [0.25, 0.3) is 0 Å². The van der Waals surface area contributed by atoms with Crippen molar-refractivity contribution in [2.24, 2.45) is 0 Å². The maximum atomic E-state index is 10.9. The van der Waals surface area contributed by atoms with Crippen molar-refractivity contribution in [3.8, 4) is 0 Å². The maximum Gasteiger partial charge on any atom is 0.146 e. The summed E-state index contributed by atoms with van der Waals surface area (Å²) in [6.07, 6.45) is 0. The van der Waals surface area contributed by atoms with Crippen LogP contribution < -0.4 is 0 Å². The first kappa shape index (κ1) is 10.6. The van der Waals surface area contributed by atoms with E-state index in [2.05, 4.69) is 0 Å². The second-order valence-corrected chi connectivity index (χ2v) is 2.76. The molecule has 11 heavy (non-hydrogen) atoms. The average Bonchev–Trinajstić information content (AvgIpc) is 1.98. The normalized spacial score (nSPS) is 13.5. The Morgan fingerprint density at radius 1 is 1.64 bits per heavy atom. The highest BCUT2D eigenvalue weighted by molar-refractivity contribution is 5.80. The van der Waals surface area contributed by atoms with Crippen molar-refractivity contribution < 1.29 is 9.53 Å². The van der Waals surface area contributed by atoms with Gasteiger partial charge >= 0.3 is 0 Å². The van der Waals surface area contributed by atoms with Crippen LogP contribution in [-0.2, 0) is 9.53 Å². The summed E-state index contributed by atoms with van der Waals surface area (Å²) in [6.45, 7) is 4.98. The van der Waals surface area contributed by atoms with E-state index in [9.17, 15) is 4.79 Å². The molecule has 0 rings (SSSR count). The van der Waals surface area contributed by atoms with Gasteiger partial charge in [-0.05, 0) is 20.9 Å². The van der Waals surface area contributed by atoms with Crippen molar-refractivity contribution in [2.45, 2.75) is 19.9 Å². The van der Waals surface area contributed by atoms with Gasteiger partial charge in [0.2, 0.25) is 0 Å². The second-order valence-electron chi connectivity index (χ2n) is 2.76. The van der Waals surface area contributed by atoms with E-state index in [0.717, 1.165) is 6.54 Å². The number of likely N-dealkylation sites (N-methyl/N-ethyl adjacent to an activating group) is 1. The highest BCUT2D eigenvalue weighted by Crippen LogP contribution is 1.95. The highest BCUT2D eigenvalue weighted by atomic mass is 16.5. The van der Waals surface area contributed by atoms with Crippen LogP contribution in [0.2, 0.25) is 0 Å². The Morgan fingerprint density at radius 3 is 2.55 bits per heavy atom. The minimum Gasteiger partial charge on any atom is -0.383 e. The van der Waals surface area contributed by atoms with Gasteiger partial charge in [-0.1, -0.05) is 0 Å². The minimum atomic E-state index is 0.00477. The third-order valence-electron chi connectivity index (χ3n) is 1.90. The number of methoxy groups -OCH3 is 1. The van der Waals surface area contributed by atoms with Gasteiger partial charge in [0.1, 0.15) is 5.78 Å². The molecular weight excluding hydrogens is 142 g/mol. The van der Waals surface area contributed by atoms with Crippen molar-refractivity contribution in [3.05, 3.63) is 0 Å². The topological polar surface area (TPSA) is 29.5 Å². The lowest BCUT2D eigenvalue weighted by atomic mass is 10.2. The van der Waals surface area contributed by atoms with Gasteiger partial charge in [-0.15, -0.1) is 0 Å². The summed E-state index contributed by atoms with van der Waals surface area (Å²) in [5.41, 5.74) is 0. The lowest BCUT2D eigenvalue weighted by Crippen LogP contribution is -2.36. The zero-order valence-electron chi connectivity index (χ0n) is 7.76. The third kappa shape index (κ3) is 4.11. The molecule has 0 aromatic heterocycles. The summed E-state index contributed by atoms with van der Waals surface area (Å²) in [4.78, 5) is 12.8. The fraction of sp³-hybridized carbons (Fsp3) is 0.875. The molecular formula is C8H17NO2. The van der Waals surface area contributed by atoms with E-state index in [4.69, 9.17) is 4.74 Å². The first-order valence-corrected chi connectivity index (χ1v) is 3.79. The summed E-state index contributed by atoms with van der Waals surface area (Å²) in [7, 11) is 3.58. The van der Waals surface area contributed by atoms with Crippen molar-refractivity contribution in [3.63, 3.8) is 0 Å². The molecule has 0 saturated heterocycles. The van der Waals surface area contributed by atoms with Crippen LogP contribution in [0, 0.1) is 0 Å². The summed E-state index contributed by atoms with van der Waals surface area (Å²) in [5.74, 6) is 0.198. The zero-order chi connectivity index (χ0) is 8.85. The van der Waals surface area contributed by atoms with Crippen LogP contribution in [0.5, 0.6) is 0 Å². The molecule has 0 N–H and O–H groups in total. The number of ether oxygens (including phenoxy) is 1. The molecule has 0 saturated carbocycles. The number of Topliss-reactive ketones (excluding diaryl/α,β-unsaturated/α-hetero) is 1. The Hall–Kier alpha value is -0.410. The van der Waals surface area contributed by atoms with Crippen molar-refractivity contribution in [2.75, 3.05) is 27.3 Å². The Balaban J connectivity index is 3.63. The number of nitrogens with zero attached hydrogens (tertiary/aromatic N) is 1. The molecule has 0 aliphatic heterocycles. The van der Waals surface area contributed by atoms with Crippen molar-refractivity contribution in [1.29, 1.82) is 0 Å². The van der Waals surface area contributed by atoms with Gasteiger partial charge in [-0.25, -0.2) is 0 Å². The number of hydrogen-bond donors (Lipinski definition) is 0. The molecule has 0 fully saturated rings. The number of rotatable bonds is 5. The molecule has 3 nitrogen and oxygen atoms in total. The summed E-state index contributed by atoms with van der Waals surface area (Å²) in [5, 5.41) is 0. The van der Waals surface area contributed by atoms with Gasteiger partial charge in [-0.3, -0.25) is 9.69 Å². The van der Waals surface area contributed by atoms with Crippen LogP contribution in [0.4, 0.5) is 0 Å². The quantitative estimate of drug-likeness (QED) is 0.586. The van der Waals surface area contributed by atoms with Gasteiger partial charge in [0.15, 0.2) is 0 Å². The molecule has 0 radical (unpaired) electrons. The lowest BCUT2D eigenvalue weighted by molar-refractivity contribution is -0.121. The maximum absolute atomic E-state index is 10.9. The molecule has 3 heteroatoms. The molecule has 66 valence electrons. The van der Waals surface area contributed by atoms with Gasteiger partial charge in [0, 0.05) is 13.7 Å². The lowest BCUT2D eigenvalue weighted by Gasteiger charge is -2.21. The van der Waals surface area contributed by atoms with E-state index >= 15 is 0 Å². The van der Waals surface area contributed by atoms with Crippen LogP contribution in [0.1, 0.15) is 13.8 Å². The predicted octanol–water partition coefficient (Wildman–Crippen LogP) is 0.542. The zero-order valence-corrected chi connectivity index (χ0v) is 7.76. The Labute approximate surface area is 68.3 Å². The van der Waals surface area contributed by atoms with E-state index in [1.165, 1.54) is 0 Å². The van der Waals surface area contributed by atoms with E-state index in [0.29, 0.717) is 6.61 Å². The Bertz CT molecular complexity index is 125. The molecule has 0 spiro atoms. The average molecular weight is 159 g/mol. The van der Waals surface area contributed by atoms with Crippen LogP contribution in [0.25, 0.3) is 0 Å². The third-order valence-corrected chi connectivity index (χ3v) is 1.90. The molecule has 1 unspecified atom stereocenters. The fourth-order valence-corrected chi connectivity index (χ4v) is 0.739. The largest absolute Gasteiger partial charge is 0.383 e. The minimum absolute atomic E-state index is 0.00477. The first-order valence-electron chi connectivity index (χ1n) is 3.79. The molecule has 0 aromatic rings. The summed E-state index contributed by atoms with van der Waals surface area (Å²) >= 11 is 0. The summed E-state index contributed by atoms with van der Waals surface area (Å²) in [6, 6.07) is 0.00477. The van der Waals surface area contributed by atoms with E-state index in [1.54, 1.807) is 14.0 Å². The fourth-order valence-electron chi connectivity index (χ4n) is 0.739. The van der Waals surface area contributed by atoms with E-state index in [1.807, 2.05) is 18.9 Å². The molecule has 1 atom stereocenters. The van der Waals surface area contributed by atoms with Gasteiger partial charge in [-0.2, -0.15) is 0 Å². The van der Waals surface area contributed by atoms with Crippen LogP contribution in [-0.4, -0.2) is 44.0 Å². The predicted molar refractivity (Wildman–Crippen MR) is 44.6 cm³/mol. The standard InChI is InChI=1S/C8H17NO2/c1-7(8(2)10)9(3)5-6-11-4/h7H,5-6H2,1-4H3. The van der Waals surface area contributed by atoms with Crippen molar-refractivity contribution in [1.82, 2.24) is 4.90 Å². The smallest absolute Gasteiger partial charge is 0.146 e. The highest BCUT2D eigenvalue weighted by Gasteiger charge is 2.12. The number of hydrogen-bond acceptors (Lipinski definition) is 3. The number of carbonyl (C=O) groups excluding carboxylic acids is 1. The van der Waals surface area contributed by atoms with Crippen LogP contribution >= 0.6 is 0 Å². The molecule has 0 aliphatic rings. The SMILES string of the molecule is COCCN(C)C(C)C(C)=O. The van der Waals surface area contributed by atoms with Gasteiger partial charge in [0.05, 0.1) is 12.6 Å². The molecule has 0 aromatic carbocycles. The molecule has 0 heterocycles. The Kier molecular flexibility index (Phi) is 5.07. The van der Waals surface area contributed by atoms with E-state index < -0.39 is 0 Å². The second kappa shape index (κ2) is 5.27. The van der Waals surface area contributed by atoms with Crippen LogP contribution in [0.15, 0.2) is 0 Å². The molecule has 0 aliphatic carbocycles. The number of ketones is 1. The van der Waals surface area contributed by atoms with Gasteiger partial charge < -0.3 is 4.74 Å². The first-order chi connectivity index (χ1) is 5.09. The molecule has 0 amide bonds. The van der Waals surface area contributed by atoms with Crippen molar-refractivity contribution >= 4 is 5.78 Å². The monoisotopic (exact) mass is 159 g/mol.